The van der Waals surface area contributed by atoms with Gasteiger partial charge in [0, 0.05) is 17.5 Å². The lowest BCUT2D eigenvalue weighted by Gasteiger charge is -2.08. The molecule has 0 unspecified atom stereocenters. The Bertz CT molecular complexity index is 997. The molecule has 0 saturated carbocycles. The van der Waals surface area contributed by atoms with Crippen LogP contribution in [0.4, 0.5) is 0 Å². The van der Waals surface area contributed by atoms with Crippen molar-refractivity contribution in [3.8, 4) is 28.4 Å². The summed E-state index contributed by atoms with van der Waals surface area (Å²) in [6.45, 7) is 1.85. The Balaban J connectivity index is 2.08. The number of para-hydroxylation sites is 1. The molecule has 6 heteroatoms. The Hall–Kier alpha value is -2.73. The Morgan fingerprint density at radius 1 is 0.958 bits per heavy atom. The molecule has 0 saturated heterocycles. The molecule has 0 atom stereocenters. The van der Waals surface area contributed by atoms with E-state index in [1.807, 2.05) is 13.0 Å². The van der Waals surface area contributed by atoms with E-state index in [1.54, 1.807) is 48.5 Å². The molecule has 122 valence electrons. The van der Waals surface area contributed by atoms with E-state index < -0.39 is 9.84 Å². The molecule has 0 aliphatic rings. The minimum absolute atomic E-state index is 0.112. The molecule has 0 aliphatic heterocycles. The van der Waals surface area contributed by atoms with Crippen molar-refractivity contribution in [2.45, 2.75) is 11.8 Å². The van der Waals surface area contributed by atoms with Gasteiger partial charge in [0.1, 0.15) is 5.75 Å². The SMILES string of the molecule is Cc1cc(-c2ccc(S(C)(=O)=O)cc2)nc(-c2ccccc2O)n1. The van der Waals surface area contributed by atoms with E-state index in [2.05, 4.69) is 9.97 Å². The second kappa shape index (κ2) is 6.05. The Kier molecular flexibility index (Phi) is 4.07. The number of aromatic nitrogens is 2. The maximum absolute atomic E-state index is 11.6. The number of aromatic hydroxyl groups is 1. The summed E-state index contributed by atoms with van der Waals surface area (Å²) in [6, 6.07) is 15.2. The van der Waals surface area contributed by atoms with Gasteiger partial charge in [-0.15, -0.1) is 0 Å². The quantitative estimate of drug-likeness (QED) is 0.792. The lowest BCUT2D eigenvalue weighted by atomic mass is 10.1. The highest BCUT2D eigenvalue weighted by molar-refractivity contribution is 7.90. The molecule has 3 rings (SSSR count). The summed E-state index contributed by atoms with van der Waals surface area (Å²) >= 11 is 0. The van der Waals surface area contributed by atoms with Crippen molar-refractivity contribution in [1.82, 2.24) is 9.97 Å². The van der Waals surface area contributed by atoms with Crippen molar-refractivity contribution in [3.05, 3.63) is 60.3 Å². The molecule has 5 nitrogen and oxygen atoms in total. The molecule has 3 aromatic rings. The van der Waals surface area contributed by atoms with E-state index in [9.17, 15) is 13.5 Å². The second-order valence-electron chi connectivity index (χ2n) is 5.53. The fourth-order valence-electron chi connectivity index (χ4n) is 2.37. The summed E-state index contributed by atoms with van der Waals surface area (Å²) in [5, 5.41) is 10.00. The van der Waals surface area contributed by atoms with Crippen LogP contribution < -0.4 is 0 Å². The average Bonchev–Trinajstić information content (AvgIpc) is 2.54. The summed E-state index contributed by atoms with van der Waals surface area (Å²) < 4.78 is 23.1. The first-order valence-electron chi connectivity index (χ1n) is 7.29. The average molecular weight is 340 g/mol. The minimum Gasteiger partial charge on any atom is -0.507 e. The van der Waals surface area contributed by atoms with Gasteiger partial charge in [-0.25, -0.2) is 18.4 Å². The highest BCUT2D eigenvalue weighted by atomic mass is 32.2. The maximum Gasteiger partial charge on any atom is 0.175 e. The fraction of sp³-hybridized carbons (Fsp3) is 0.111. The van der Waals surface area contributed by atoms with Crippen molar-refractivity contribution in [2.75, 3.05) is 6.26 Å². The van der Waals surface area contributed by atoms with E-state index in [0.29, 0.717) is 17.1 Å². The zero-order chi connectivity index (χ0) is 17.3. The largest absolute Gasteiger partial charge is 0.507 e. The summed E-state index contributed by atoms with van der Waals surface area (Å²) in [5.74, 6) is 0.539. The van der Waals surface area contributed by atoms with Crippen molar-refractivity contribution in [3.63, 3.8) is 0 Å². The molecule has 0 amide bonds. The number of nitrogens with zero attached hydrogens (tertiary/aromatic N) is 2. The van der Waals surface area contributed by atoms with Gasteiger partial charge in [-0.2, -0.15) is 0 Å². The molecular formula is C18H16N2O3S. The third-order valence-electron chi connectivity index (χ3n) is 3.58. The van der Waals surface area contributed by atoms with Crippen LogP contribution in [0, 0.1) is 6.92 Å². The van der Waals surface area contributed by atoms with Crippen LogP contribution in [-0.2, 0) is 9.84 Å². The van der Waals surface area contributed by atoms with Gasteiger partial charge in [-0.3, -0.25) is 0 Å². The highest BCUT2D eigenvalue weighted by Crippen LogP contribution is 2.28. The molecule has 1 aromatic heterocycles. The van der Waals surface area contributed by atoms with Crippen LogP contribution in [0.15, 0.2) is 59.5 Å². The normalized spacial score (nSPS) is 11.4. The number of hydrogen-bond donors (Lipinski definition) is 1. The Morgan fingerprint density at radius 2 is 1.62 bits per heavy atom. The molecular weight excluding hydrogens is 324 g/mol. The highest BCUT2D eigenvalue weighted by Gasteiger charge is 2.11. The number of phenolic OH excluding ortho intramolecular Hbond substituents is 1. The van der Waals surface area contributed by atoms with E-state index in [1.165, 1.54) is 6.26 Å². The summed E-state index contributed by atoms with van der Waals surface area (Å²) in [4.78, 5) is 9.15. The Labute approximate surface area is 140 Å². The summed E-state index contributed by atoms with van der Waals surface area (Å²) in [6.07, 6.45) is 1.17. The molecule has 2 aromatic carbocycles. The summed E-state index contributed by atoms with van der Waals surface area (Å²) in [5.41, 5.74) is 2.76. The standard InChI is InChI=1S/C18H16N2O3S/c1-12-11-16(13-7-9-14(10-8-13)24(2,22)23)20-18(19-12)15-5-3-4-6-17(15)21/h3-11,21H,1-2H3. The monoisotopic (exact) mass is 340 g/mol. The van der Waals surface area contributed by atoms with Crippen LogP contribution in [0.25, 0.3) is 22.6 Å². The number of sulfone groups is 1. The molecule has 1 heterocycles. The molecule has 0 radical (unpaired) electrons. The van der Waals surface area contributed by atoms with Crippen LogP contribution in [0.5, 0.6) is 5.75 Å². The predicted octanol–water partition coefficient (Wildman–Crippen LogP) is 3.23. The lowest BCUT2D eigenvalue weighted by Crippen LogP contribution is -1.98. The van der Waals surface area contributed by atoms with E-state index >= 15 is 0 Å². The zero-order valence-electron chi connectivity index (χ0n) is 13.3. The predicted molar refractivity (Wildman–Crippen MR) is 92.4 cm³/mol. The van der Waals surface area contributed by atoms with Gasteiger partial charge >= 0.3 is 0 Å². The lowest BCUT2D eigenvalue weighted by molar-refractivity contribution is 0.477. The molecule has 0 spiro atoms. The van der Waals surface area contributed by atoms with Crippen molar-refractivity contribution >= 4 is 9.84 Å². The fourth-order valence-corrected chi connectivity index (χ4v) is 3.00. The van der Waals surface area contributed by atoms with E-state index in [-0.39, 0.29) is 10.6 Å². The van der Waals surface area contributed by atoms with Gasteiger partial charge in [-0.05, 0) is 37.3 Å². The topological polar surface area (TPSA) is 80.2 Å². The second-order valence-corrected chi connectivity index (χ2v) is 7.55. The number of benzene rings is 2. The van der Waals surface area contributed by atoms with Gasteiger partial charge in [0.05, 0.1) is 16.2 Å². The first kappa shape index (κ1) is 16.1. The van der Waals surface area contributed by atoms with Gasteiger partial charge in [-0.1, -0.05) is 24.3 Å². The first-order chi connectivity index (χ1) is 11.3. The van der Waals surface area contributed by atoms with Crippen LogP contribution in [0.3, 0.4) is 0 Å². The number of phenols is 1. The van der Waals surface area contributed by atoms with Gasteiger partial charge in [0.15, 0.2) is 15.7 Å². The smallest absolute Gasteiger partial charge is 0.175 e. The third-order valence-corrected chi connectivity index (χ3v) is 4.71. The Morgan fingerprint density at radius 3 is 2.25 bits per heavy atom. The van der Waals surface area contributed by atoms with Crippen molar-refractivity contribution in [2.24, 2.45) is 0 Å². The van der Waals surface area contributed by atoms with Gasteiger partial charge in [0.2, 0.25) is 0 Å². The van der Waals surface area contributed by atoms with Crippen LogP contribution in [0.2, 0.25) is 0 Å². The minimum atomic E-state index is -3.23. The molecule has 0 aliphatic carbocycles. The van der Waals surface area contributed by atoms with Crippen LogP contribution in [0.1, 0.15) is 5.69 Å². The van der Waals surface area contributed by atoms with Crippen molar-refractivity contribution in [1.29, 1.82) is 0 Å². The summed E-state index contributed by atoms with van der Waals surface area (Å²) in [7, 11) is -3.23. The third kappa shape index (κ3) is 3.28. The van der Waals surface area contributed by atoms with E-state index in [0.717, 1.165) is 11.3 Å². The first-order valence-corrected chi connectivity index (χ1v) is 9.18. The number of hydrogen-bond acceptors (Lipinski definition) is 5. The number of rotatable bonds is 3. The maximum atomic E-state index is 11.6. The molecule has 0 fully saturated rings. The molecule has 0 bridgehead atoms. The molecule has 1 N–H and O–H groups in total. The molecule has 24 heavy (non-hydrogen) atoms. The van der Waals surface area contributed by atoms with Crippen molar-refractivity contribution < 1.29 is 13.5 Å². The van der Waals surface area contributed by atoms with Gasteiger partial charge in [0.25, 0.3) is 0 Å². The number of aryl methyl sites for hydroxylation is 1. The van der Waals surface area contributed by atoms with Crippen LogP contribution >= 0.6 is 0 Å². The zero-order valence-corrected chi connectivity index (χ0v) is 14.1. The van der Waals surface area contributed by atoms with E-state index in [4.69, 9.17) is 0 Å². The van der Waals surface area contributed by atoms with Gasteiger partial charge < -0.3 is 5.11 Å². The van der Waals surface area contributed by atoms with Crippen LogP contribution in [-0.4, -0.2) is 29.7 Å².